The van der Waals surface area contributed by atoms with Crippen molar-refractivity contribution in [2.75, 3.05) is 13.2 Å². The number of aromatic nitrogens is 6. The Morgan fingerprint density at radius 3 is 1.44 bits per heavy atom. The SMILES string of the molecule is [C-]#[N+]/C(c1cnc2cc(Cl)c(Cl)cc2n1)=c1\c2c(-c3cccc(OCC(C)C)c3)n(B(c3ccccc3)c3ccccc3)/c(=C(/C#N)c3cnc4cc(C)ccc4n3)c2c(-c2cccc(OCC(C)C)c2)n1B(c1ccccc1)c1ccccc1. The number of nitrogens with zero attached hydrogens (tertiary/aromatic N) is 8. The van der Waals surface area contributed by atoms with Gasteiger partial charge in [-0.05, 0) is 72.9 Å². The van der Waals surface area contributed by atoms with Crippen molar-refractivity contribution in [3.05, 3.63) is 262 Å². The number of nitriles is 1. The molecule has 0 bridgehead atoms. The van der Waals surface area contributed by atoms with Crippen LogP contribution in [0.3, 0.4) is 0 Å². The summed E-state index contributed by atoms with van der Waals surface area (Å²) in [6.07, 6.45) is 3.34. The lowest BCUT2D eigenvalue weighted by Gasteiger charge is -2.25. The molecule has 0 amide bonds. The summed E-state index contributed by atoms with van der Waals surface area (Å²) >= 11 is 13.4. The number of ether oxygens (including phenoxy) is 2. The Kier molecular flexibility index (Phi) is 15.9. The Balaban J connectivity index is 1.44. The molecule has 412 valence electrons. The van der Waals surface area contributed by atoms with E-state index in [2.05, 4.69) is 120 Å². The molecule has 14 heteroatoms. The smallest absolute Gasteiger partial charge is 0.328 e. The first-order chi connectivity index (χ1) is 41.5. The highest BCUT2D eigenvalue weighted by Gasteiger charge is 2.37. The lowest BCUT2D eigenvalue weighted by Crippen LogP contribution is -2.54. The first-order valence-corrected chi connectivity index (χ1v) is 29.1. The van der Waals surface area contributed by atoms with Crippen molar-refractivity contribution in [2.45, 2.75) is 34.6 Å². The van der Waals surface area contributed by atoms with E-state index in [1.165, 1.54) is 0 Å². The number of halogens is 2. The minimum Gasteiger partial charge on any atom is -0.493 e. The molecule has 0 aliphatic heterocycles. The van der Waals surface area contributed by atoms with Gasteiger partial charge >= 0.3 is 13.7 Å². The third-order valence-electron chi connectivity index (χ3n) is 15.0. The summed E-state index contributed by atoms with van der Waals surface area (Å²) in [7, 11) is 0. The molecule has 0 radical (unpaired) electrons. The second-order valence-electron chi connectivity index (χ2n) is 22.0. The topological polar surface area (TPSA) is 108 Å². The van der Waals surface area contributed by atoms with Crippen LogP contribution >= 0.6 is 23.2 Å². The molecule has 0 unspecified atom stereocenters. The van der Waals surface area contributed by atoms with Gasteiger partial charge in [-0.25, -0.2) is 9.83 Å². The van der Waals surface area contributed by atoms with Crippen molar-refractivity contribution in [3.63, 3.8) is 0 Å². The number of benzene rings is 8. The second-order valence-corrected chi connectivity index (χ2v) is 22.8. The minimum atomic E-state index is -0.624. The maximum atomic E-state index is 12.4. The highest BCUT2D eigenvalue weighted by molar-refractivity contribution is 6.85. The van der Waals surface area contributed by atoms with Crippen molar-refractivity contribution in [2.24, 2.45) is 11.8 Å². The van der Waals surface area contributed by atoms with Crippen molar-refractivity contribution in [3.8, 4) is 40.1 Å². The summed E-state index contributed by atoms with van der Waals surface area (Å²) in [4.78, 5) is 25.2. The monoisotopic (exact) mass is 1140 g/mol. The number of hydrogen-bond acceptors (Lipinski definition) is 7. The van der Waals surface area contributed by atoms with Crippen LogP contribution in [-0.2, 0) is 0 Å². The Hall–Kier alpha value is -9.71. The summed E-state index contributed by atoms with van der Waals surface area (Å²) in [5.41, 5.74) is 11.1. The molecular weight excluding hydrogens is 1090 g/mol. The first-order valence-electron chi connectivity index (χ1n) is 28.3. The van der Waals surface area contributed by atoms with E-state index in [1.54, 1.807) is 24.5 Å². The highest BCUT2D eigenvalue weighted by atomic mass is 35.5. The fraction of sp³-hybridized carbons (Fsp3) is 0.127. The van der Waals surface area contributed by atoms with Crippen LogP contribution in [0.25, 0.3) is 71.5 Å². The molecule has 8 aromatic carbocycles. The fourth-order valence-electron chi connectivity index (χ4n) is 11.3. The molecule has 0 saturated carbocycles. The van der Waals surface area contributed by atoms with Gasteiger partial charge in [-0.3, -0.25) is 15.0 Å². The fourth-order valence-corrected chi connectivity index (χ4v) is 11.6. The van der Waals surface area contributed by atoms with Gasteiger partial charge < -0.3 is 18.4 Å². The maximum Gasteiger partial charge on any atom is 0.328 e. The molecule has 4 aromatic heterocycles. The minimum absolute atomic E-state index is 0.188. The van der Waals surface area contributed by atoms with Gasteiger partial charge in [-0.15, -0.1) is 0 Å². The zero-order valence-corrected chi connectivity index (χ0v) is 49.1. The van der Waals surface area contributed by atoms with Gasteiger partial charge in [0.1, 0.15) is 28.8 Å². The van der Waals surface area contributed by atoms with Gasteiger partial charge in [-0.2, -0.15) is 5.26 Å². The van der Waals surface area contributed by atoms with Gasteiger partial charge in [0, 0.05) is 44.8 Å². The molecular formula is C71H56B2Cl2N8O2. The molecule has 0 atom stereocenters. The van der Waals surface area contributed by atoms with E-state index in [4.69, 9.17) is 52.6 Å². The van der Waals surface area contributed by atoms with E-state index in [0.29, 0.717) is 101 Å². The third kappa shape index (κ3) is 11.1. The summed E-state index contributed by atoms with van der Waals surface area (Å²) < 4.78 is 17.9. The molecule has 0 spiro atoms. The molecule has 4 heterocycles. The zero-order chi connectivity index (χ0) is 58.7. The van der Waals surface area contributed by atoms with Gasteiger partial charge in [0.15, 0.2) is 0 Å². The first kappa shape index (κ1) is 55.8. The third-order valence-corrected chi connectivity index (χ3v) is 15.7. The summed E-state index contributed by atoms with van der Waals surface area (Å²) in [5, 5.41) is 15.5. The van der Waals surface area contributed by atoms with Crippen molar-refractivity contribution < 1.29 is 9.47 Å². The van der Waals surface area contributed by atoms with Gasteiger partial charge in [0.25, 0.3) is 0 Å². The zero-order valence-electron chi connectivity index (χ0n) is 47.6. The maximum absolute atomic E-state index is 12.4. The number of rotatable bonds is 16. The van der Waals surface area contributed by atoms with E-state index in [9.17, 15) is 11.8 Å². The van der Waals surface area contributed by atoms with Gasteiger partial charge in [0.2, 0.25) is 5.70 Å². The van der Waals surface area contributed by atoms with E-state index in [1.807, 2.05) is 122 Å². The average Bonchev–Trinajstić information content (AvgIpc) is 1.54. The van der Waals surface area contributed by atoms with Crippen molar-refractivity contribution in [1.29, 1.82) is 5.26 Å². The molecule has 10 nitrogen and oxygen atoms in total. The Morgan fingerprint density at radius 2 is 0.965 bits per heavy atom. The van der Waals surface area contributed by atoms with Crippen LogP contribution in [0.15, 0.2) is 213 Å². The highest BCUT2D eigenvalue weighted by Crippen LogP contribution is 2.39. The second kappa shape index (κ2) is 24.2. The average molecular weight is 1150 g/mol. The predicted molar refractivity (Wildman–Crippen MR) is 348 cm³/mol. The molecule has 0 aliphatic rings. The van der Waals surface area contributed by atoms with Crippen LogP contribution in [0.2, 0.25) is 10.0 Å². The Bertz CT molecular complexity index is 4560. The van der Waals surface area contributed by atoms with Gasteiger partial charge in [0.05, 0.1) is 69.1 Å². The largest absolute Gasteiger partial charge is 0.493 e. The normalized spacial score (nSPS) is 12.1. The van der Waals surface area contributed by atoms with E-state index in [-0.39, 0.29) is 23.1 Å². The predicted octanol–water partition coefficient (Wildman–Crippen LogP) is 12.5. The summed E-state index contributed by atoms with van der Waals surface area (Å²) in [6, 6.07) is 69.7. The van der Waals surface area contributed by atoms with Crippen LogP contribution in [0.5, 0.6) is 11.5 Å². The van der Waals surface area contributed by atoms with Crippen LogP contribution in [0.4, 0.5) is 0 Å². The van der Waals surface area contributed by atoms with E-state index < -0.39 is 13.7 Å². The van der Waals surface area contributed by atoms with Crippen molar-refractivity contribution in [1.82, 2.24) is 28.9 Å². The molecule has 85 heavy (non-hydrogen) atoms. The summed E-state index contributed by atoms with van der Waals surface area (Å²) in [6.45, 7) is 19.9. The molecule has 0 fully saturated rings. The van der Waals surface area contributed by atoms with E-state index >= 15 is 0 Å². The molecule has 12 aromatic rings. The molecule has 0 saturated heterocycles. The Morgan fingerprint density at radius 1 is 0.529 bits per heavy atom. The number of fused-ring (bicyclic) bond motifs is 3. The molecule has 0 N–H and O–H groups in total. The van der Waals surface area contributed by atoms with Gasteiger partial charge in [-0.1, -0.05) is 224 Å². The Labute approximate surface area is 505 Å². The molecule has 0 aliphatic carbocycles. The quantitative estimate of drug-likeness (QED) is 0.0700. The lowest BCUT2D eigenvalue weighted by molar-refractivity contribution is 0.271. The van der Waals surface area contributed by atoms with E-state index in [0.717, 1.165) is 38.5 Å². The van der Waals surface area contributed by atoms with Crippen molar-refractivity contribution >= 4 is 103 Å². The standard InChI is InChI=1S/C71H56B2Cl2N8O2/c1-45(2)43-84-54-31-19-21-48(36-54)68-65-66(71(67(77-6)64-42-79-61-38-57(74)58(75)39-62(61)81-64)83(68)73(52-27-15-9-16-28-52)53-29-17-10-18-30-53)69(49-22-20-32-55(37-49)85-44-46(3)4)82(72(50-23-11-7-12-24-50)51-25-13-8-14-26-51)70(65)56(40-76)63-41-78-60-35-47(5)33-34-59(60)80-63/h7-39,41-42,45-46H,43-44H2,1-5H3/b70-56-,71-67+. The van der Waals surface area contributed by atoms with Crippen LogP contribution in [-0.4, -0.2) is 55.8 Å². The lowest BCUT2D eigenvalue weighted by atomic mass is 9.50. The summed E-state index contributed by atoms with van der Waals surface area (Å²) in [5.74, 6) is 1.76. The van der Waals surface area contributed by atoms with Crippen LogP contribution in [0.1, 0.15) is 44.6 Å². The molecule has 12 rings (SSSR count). The van der Waals surface area contributed by atoms with Crippen LogP contribution < -0.4 is 42.0 Å². The van der Waals surface area contributed by atoms with Crippen LogP contribution in [0, 0.1) is 36.7 Å². The number of aryl methyl sites for hydroxylation is 1. The number of hydrogen-bond donors (Lipinski definition) is 0.